The van der Waals surface area contributed by atoms with Crippen molar-refractivity contribution in [3.8, 4) is 5.75 Å². The fraction of sp³-hybridized carbons (Fsp3) is 0.650. The predicted molar refractivity (Wildman–Crippen MR) is 95.6 cm³/mol. The van der Waals surface area contributed by atoms with Crippen LogP contribution >= 0.6 is 0 Å². The molecule has 1 aromatic rings. The maximum atomic E-state index is 12.6. The summed E-state index contributed by atoms with van der Waals surface area (Å²) in [5.41, 5.74) is 0. The zero-order chi connectivity index (χ0) is 17.1. The summed E-state index contributed by atoms with van der Waals surface area (Å²) in [7, 11) is 0. The molecule has 3 fully saturated rings. The van der Waals surface area contributed by atoms with Gasteiger partial charge in [-0.15, -0.1) is 0 Å². The number of para-hydroxylation sites is 1. The van der Waals surface area contributed by atoms with Gasteiger partial charge in [-0.3, -0.25) is 4.79 Å². The molecule has 3 atom stereocenters. The Balaban J connectivity index is 1.25. The second-order valence-corrected chi connectivity index (χ2v) is 7.44. The number of nitrogens with zero attached hydrogens (tertiary/aromatic N) is 2. The maximum absolute atomic E-state index is 12.6. The van der Waals surface area contributed by atoms with Crippen molar-refractivity contribution in [3.05, 3.63) is 30.3 Å². The van der Waals surface area contributed by atoms with Crippen molar-refractivity contribution >= 4 is 5.91 Å². The Morgan fingerprint density at radius 3 is 2.72 bits per heavy atom. The average Bonchev–Trinajstić information content (AvgIpc) is 3.38. The molecule has 1 amide bonds. The Hall–Kier alpha value is -1.59. The van der Waals surface area contributed by atoms with Crippen molar-refractivity contribution < 1.29 is 14.3 Å². The van der Waals surface area contributed by atoms with Crippen molar-refractivity contribution in [2.24, 2.45) is 5.92 Å². The lowest BCUT2D eigenvalue weighted by Crippen LogP contribution is -2.42. The van der Waals surface area contributed by atoms with Gasteiger partial charge in [0.05, 0.1) is 18.8 Å². The summed E-state index contributed by atoms with van der Waals surface area (Å²) < 4.78 is 11.9. The van der Waals surface area contributed by atoms with E-state index in [0.717, 1.165) is 31.9 Å². The third-order valence-corrected chi connectivity index (χ3v) is 5.85. The molecule has 2 aliphatic heterocycles. The molecule has 1 aliphatic carbocycles. The van der Waals surface area contributed by atoms with E-state index in [1.54, 1.807) is 0 Å². The highest BCUT2D eigenvalue weighted by atomic mass is 16.5. The van der Waals surface area contributed by atoms with E-state index in [9.17, 15) is 4.79 Å². The number of hydrogen-bond donors (Lipinski definition) is 0. The second kappa shape index (κ2) is 7.75. The van der Waals surface area contributed by atoms with Crippen LogP contribution in [0.2, 0.25) is 0 Å². The second-order valence-electron chi connectivity index (χ2n) is 7.44. The molecular weight excluding hydrogens is 316 g/mol. The number of fused-ring (bicyclic) bond motifs is 2. The molecule has 5 nitrogen and oxygen atoms in total. The smallest absolute Gasteiger partial charge is 0.260 e. The molecule has 0 unspecified atom stereocenters. The first-order valence-corrected chi connectivity index (χ1v) is 9.62. The molecule has 136 valence electrons. The number of ether oxygens (including phenoxy) is 2. The van der Waals surface area contributed by atoms with Gasteiger partial charge in [-0.05, 0) is 50.9 Å². The number of rotatable bonds is 7. The van der Waals surface area contributed by atoms with Gasteiger partial charge in [0.15, 0.2) is 6.61 Å². The first-order valence-electron chi connectivity index (χ1n) is 9.62. The lowest BCUT2D eigenvalue weighted by molar-refractivity contribution is -0.135. The van der Waals surface area contributed by atoms with Gasteiger partial charge < -0.3 is 19.3 Å². The van der Waals surface area contributed by atoms with Crippen molar-refractivity contribution in [1.29, 1.82) is 0 Å². The van der Waals surface area contributed by atoms with Gasteiger partial charge in [0.2, 0.25) is 0 Å². The van der Waals surface area contributed by atoms with Gasteiger partial charge in [-0.1, -0.05) is 18.2 Å². The Morgan fingerprint density at radius 2 is 1.92 bits per heavy atom. The maximum Gasteiger partial charge on any atom is 0.260 e. The van der Waals surface area contributed by atoms with Crippen LogP contribution in [0.4, 0.5) is 0 Å². The number of amides is 1. The molecule has 0 spiro atoms. The molecule has 0 N–H and O–H groups in total. The van der Waals surface area contributed by atoms with Gasteiger partial charge in [0.25, 0.3) is 5.91 Å². The summed E-state index contributed by atoms with van der Waals surface area (Å²) in [4.78, 5) is 17.1. The molecule has 5 heteroatoms. The summed E-state index contributed by atoms with van der Waals surface area (Å²) in [6.07, 6.45) is 5.11. The zero-order valence-electron chi connectivity index (χ0n) is 14.8. The Morgan fingerprint density at radius 1 is 1.12 bits per heavy atom. The minimum absolute atomic E-state index is 0.0872. The minimum Gasteiger partial charge on any atom is -0.484 e. The molecule has 1 saturated carbocycles. The number of benzene rings is 1. The van der Waals surface area contributed by atoms with Gasteiger partial charge >= 0.3 is 0 Å². The lowest BCUT2D eigenvalue weighted by atomic mass is 10.1. The van der Waals surface area contributed by atoms with Crippen LogP contribution in [-0.4, -0.2) is 67.2 Å². The molecule has 1 aromatic carbocycles. The van der Waals surface area contributed by atoms with Crippen LogP contribution in [-0.2, 0) is 9.53 Å². The van der Waals surface area contributed by atoms with Crippen molar-refractivity contribution in [1.82, 2.24) is 9.80 Å². The zero-order valence-corrected chi connectivity index (χ0v) is 14.8. The first-order chi connectivity index (χ1) is 12.3. The van der Waals surface area contributed by atoms with Crippen molar-refractivity contribution in [2.75, 3.05) is 39.4 Å². The SMILES string of the molecule is O=C(COc1ccccc1)N1C[C@H]2CC[C@@H]1[C@@H]2OCCN1CCCC1. The lowest BCUT2D eigenvalue weighted by Gasteiger charge is -2.27. The van der Waals surface area contributed by atoms with Gasteiger partial charge in [0, 0.05) is 19.0 Å². The highest BCUT2D eigenvalue weighted by Crippen LogP contribution is 2.39. The summed E-state index contributed by atoms with van der Waals surface area (Å²) in [5, 5.41) is 0. The van der Waals surface area contributed by atoms with Crippen LogP contribution in [0.1, 0.15) is 25.7 Å². The normalized spacial score (nSPS) is 28.6. The van der Waals surface area contributed by atoms with E-state index in [2.05, 4.69) is 4.90 Å². The Kier molecular flexibility index (Phi) is 5.22. The molecule has 0 radical (unpaired) electrons. The van der Waals surface area contributed by atoms with E-state index in [0.29, 0.717) is 5.92 Å². The summed E-state index contributed by atoms with van der Waals surface area (Å²) >= 11 is 0. The van der Waals surface area contributed by atoms with E-state index >= 15 is 0 Å². The summed E-state index contributed by atoms with van der Waals surface area (Å²) in [6, 6.07) is 9.79. The molecule has 2 heterocycles. The van der Waals surface area contributed by atoms with Gasteiger partial charge in [-0.2, -0.15) is 0 Å². The number of hydrogen-bond acceptors (Lipinski definition) is 4. The monoisotopic (exact) mass is 344 g/mol. The fourth-order valence-corrected chi connectivity index (χ4v) is 4.55. The van der Waals surface area contributed by atoms with Crippen molar-refractivity contribution in [2.45, 2.75) is 37.8 Å². The number of carbonyl (C=O) groups excluding carboxylic acids is 1. The summed E-state index contributed by atoms with van der Waals surface area (Å²) in [5.74, 6) is 1.34. The number of piperidine rings is 1. The quantitative estimate of drug-likeness (QED) is 0.760. The average molecular weight is 344 g/mol. The van der Waals surface area contributed by atoms with Crippen LogP contribution in [0, 0.1) is 5.92 Å². The largest absolute Gasteiger partial charge is 0.484 e. The van der Waals surface area contributed by atoms with E-state index in [-0.39, 0.29) is 24.7 Å². The highest BCUT2D eigenvalue weighted by Gasteiger charge is 2.49. The standard InChI is InChI=1S/C20H28N2O3/c23-19(15-25-17-6-2-1-3-7-17)22-14-16-8-9-18(22)20(16)24-13-12-21-10-4-5-11-21/h1-3,6-7,16,18,20H,4-5,8-15H2/t16-,18-,20-/m1/s1. The van der Waals surface area contributed by atoms with Crippen LogP contribution in [0.3, 0.4) is 0 Å². The Labute approximate surface area is 149 Å². The van der Waals surface area contributed by atoms with Gasteiger partial charge in [0.1, 0.15) is 5.75 Å². The van der Waals surface area contributed by atoms with Gasteiger partial charge in [-0.25, -0.2) is 0 Å². The number of carbonyl (C=O) groups is 1. The van der Waals surface area contributed by atoms with Crippen molar-refractivity contribution in [3.63, 3.8) is 0 Å². The van der Waals surface area contributed by atoms with E-state index in [4.69, 9.17) is 9.47 Å². The third-order valence-electron chi connectivity index (χ3n) is 5.85. The molecule has 3 aliphatic rings. The molecular formula is C20H28N2O3. The molecule has 2 saturated heterocycles. The molecule has 0 aromatic heterocycles. The highest BCUT2D eigenvalue weighted by molar-refractivity contribution is 5.78. The fourth-order valence-electron chi connectivity index (χ4n) is 4.55. The van der Waals surface area contributed by atoms with Crippen LogP contribution in [0.25, 0.3) is 0 Å². The van der Waals surface area contributed by atoms with E-state index < -0.39 is 0 Å². The van der Waals surface area contributed by atoms with Crippen LogP contribution in [0.15, 0.2) is 30.3 Å². The third kappa shape index (κ3) is 3.82. The molecule has 2 bridgehead atoms. The first kappa shape index (κ1) is 16.9. The van der Waals surface area contributed by atoms with Crippen LogP contribution < -0.4 is 4.74 Å². The predicted octanol–water partition coefficient (Wildman–Crippen LogP) is 2.17. The molecule has 4 rings (SSSR count). The Bertz CT molecular complexity index is 574. The van der Waals surface area contributed by atoms with Crippen LogP contribution in [0.5, 0.6) is 5.75 Å². The minimum atomic E-state index is 0.0872. The molecule has 25 heavy (non-hydrogen) atoms. The van der Waals surface area contributed by atoms with E-state index in [1.807, 2.05) is 35.2 Å². The summed E-state index contributed by atoms with van der Waals surface area (Å²) in [6.45, 7) is 5.19. The topological polar surface area (TPSA) is 42.0 Å². The number of likely N-dealkylation sites (tertiary alicyclic amines) is 2. The van der Waals surface area contributed by atoms with E-state index in [1.165, 1.54) is 32.4 Å².